The van der Waals surface area contributed by atoms with E-state index < -0.39 is 5.54 Å². The SMILES string of the molecule is CCOCC1CCCN(C(=O)C2(N)CCCCC2)C1.Cl. The Hall–Kier alpha value is -0.320. The lowest BCUT2D eigenvalue weighted by atomic mass is 9.81. The van der Waals surface area contributed by atoms with Crippen LogP contribution >= 0.6 is 12.4 Å². The van der Waals surface area contributed by atoms with Crippen molar-refractivity contribution in [2.24, 2.45) is 11.7 Å². The first-order chi connectivity index (χ1) is 9.15. The van der Waals surface area contributed by atoms with Gasteiger partial charge in [0.25, 0.3) is 0 Å². The largest absolute Gasteiger partial charge is 0.381 e. The normalized spacial score (nSPS) is 25.9. The van der Waals surface area contributed by atoms with Crippen molar-refractivity contribution in [3.05, 3.63) is 0 Å². The predicted molar refractivity (Wildman–Crippen MR) is 83.0 cm³/mol. The van der Waals surface area contributed by atoms with E-state index in [1.54, 1.807) is 0 Å². The molecule has 20 heavy (non-hydrogen) atoms. The van der Waals surface area contributed by atoms with Crippen LogP contribution in [-0.2, 0) is 9.53 Å². The highest BCUT2D eigenvalue weighted by atomic mass is 35.5. The predicted octanol–water partition coefficient (Wildman–Crippen LogP) is 2.34. The smallest absolute Gasteiger partial charge is 0.242 e. The van der Waals surface area contributed by atoms with E-state index in [1.807, 2.05) is 11.8 Å². The first-order valence-electron chi connectivity index (χ1n) is 7.82. The molecule has 118 valence electrons. The highest BCUT2D eigenvalue weighted by molar-refractivity contribution is 5.86. The van der Waals surface area contributed by atoms with Crippen LogP contribution < -0.4 is 5.73 Å². The fourth-order valence-electron chi connectivity index (χ4n) is 3.38. The van der Waals surface area contributed by atoms with Gasteiger partial charge in [0.05, 0.1) is 12.1 Å². The zero-order valence-electron chi connectivity index (χ0n) is 12.6. The van der Waals surface area contributed by atoms with E-state index in [2.05, 4.69) is 0 Å². The van der Waals surface area contributed by atoms with Crippen LogP contribution in [0.3, 0.4) is 0 Å². The maximum atomic E-state index is 12.7. The van der Waals surface area contributed by atoms with Gasteiger partial charge in [0, 0.05) is 19.7 Å². The molecule has 2 fully saturated rings. The van der Waals surface area contributed by atoms with E-state index in [0.717, 1.165) is 58.4 Å². The lowest BCUT2D eigenvalue weighted by Gasteiger charge is -2.40. The number of likely N-dealkylation sites (tertiary alicyclic amines) is 1. The average molecular weight is 305 g/mol. The van der Waals surface area contributed by atoms with Crippen molar-refractivity contribution in [2.45, 2.75) is 57.4 Å². The Kier molecular flexibility index (Phi) is 7.27. The van der Waals surface area contributed by atoms with Crippen molar-refractivity contribution in [3.8, 4) is 0 Å². The number of nitrogens with zero attached hydrogens (tertiary/aromatic N) is 1. The number of rotatable bonds is 4. The third-order valence-corrected chi connectivity index (χ3v) is 4.54. The van der Waals surface area contributed by atoms with Crippen LogP contribution in [0.2, 0.25) is 0 Å². The van der Waals surface area contributed by atoms with Gasteiger partial charge in [-0.25, -0.2) is 0 Å². The van der Waals surface area contributed by atoms with Gasteiger partial charge in [0.2, 0.25) is 5.91 Å². The molecule has 1 heterocycles. The highest BCUT2D eigenvalue weighted by Crippen LogP contribution is 2.29. The summed E-state index contributed by atoms with van der Waals surface area (Å²) in [7, 11) is 0. The fourth-order valence-corrected chi connectivity index (χ4v) is 3.38. The molecule has 0 aromatic rings. The van der Waals surface area contributed by atoms with Crippen molar-refractivity contribution in [3.63, 3.8) is 0 Å². The number of ether oxygens (including phenoxy) is 1. The average Bonchev–Trinajstić information content (AvgIpc) is 2.45. The minimum atomic E-state index is -0.578. The van der Waals surface area contributed by atoms with E-state index in [1.165, 1.54) is 12.8 Å². The van der Waals surface area contributed by atoms with Crippen LogP contribution in [-0.4, -0.2) is 42.6 Å². The van der Waals surface area contributed by atoms with Gasteiger partial charge in [-0.1, -0.05) is 19.3 Å². The monoisotopic (exact) mass is 304 g/mol. The van der Waals surface area contributed by atoms with Crippen LogP contribution in [0.1, 0.15) is 51.9 Å². The first-order valence-corrected chi connectivity index (χ1v) is 7.82. The number of nitrogens with two attached hydrogens (primary N) is 1. The summed E-state index contributed by atoms with van der Waals surface area (Å²) in [5.41, 5.74) is 5.78. The molecule has 0 spiro atoms. The van der Waals surface area contributed by atoms with E-state index in [0.29, 0.717) is 5.92 Å². The number of hydrogen-bond acceptors (Lipinski definition) is 3. The summed E-state index contributed by atoms with van der Waals surface area (Å²) in [5, 5.41) is 0. The maximum Gasteiger partial charge on any atom is 0.242 e. The minimum Gasteiger partial charge on any atom is -0.381 e. The van der Waals surface area contributed by atoms with Gasteiger partial charge in [0.15, 0.2) is 0 Å². The van der Waals surface area contributed by atoms with E-state index in [9.17, 15) is 4.79 Å². The van der Waals surface area contributed by atoms with E-state index in [4.69, 9.17) is 10.5 Å². The molecule has 0 radical (unpaired) electrons. The first kappa shape index (κ1) is 17.7. The van der Waals surface area contributed by atoms with Crippen LogP contribution in [0.5, 0.6) is 0 Å². The lowest BCUT2D eigenvalue weighted by Crippen LogP contribution is -2.58. The molecule has 1 atom stereocenters. The highest BCUT2D eigenvalue weighted by Gasteiger charge is 2.39. The molecule has 0 bridgehead atoms. The zero-order valence-corrected chi connectivity index (χ0v) is 13.4. The number of carbonyl (C=O) groups is 1. The quantitative estimate of drug-likeness (QED) is 0.867. The van der Waals surface area contributed by atoms with Crippen molar-refractivity contribution in [1.82, 2.24) is 4.90 Å². The van der Waals surface area contributed by atoms with E-state index in [-0.39, 0.29) is 18.3 Å². The van der Waals surface area contributed by atoms with Crippen LogP contribution in [0.25, 0.3) is 0 Å². The third kappa shape index (κ3) is 4.34. The molecule has 1 aliphatic heterocycles. The Balaban J connectivity index is 0.00000200. The number of carbonyl (C=O) groups excluding carboxylic acids is 1. The second-order valence-corrected chi connectivity index (χ2v) is 6.14. The summed E-state index contributed by atoms with van der Waals surface area (Å²) < 4.78 is 5.50. The molecule has 0 aromatic heterocycles. The molecular weight excluding hydrogens is 276 g/mol. The Morgan fingerprint density at radius 2 is 2.00 bits per heavy atom. The van der Waals surface area contributed by atoms with Gasteiger partial charge >= 0.3 is 0 Å². The molecule has 5 heteroatoms. The Labute approximate surface area is 128 Å². The van der Waals surface area contributed by atoms with Crippen molar-refractivity contribution >= 4 is 18.3 Å². The third-order valence-electron chi connectivity index (χ3n) is 4.54. The number of halogens is 1. The molecule has 1 unspecified atom stereocenters. The fraction of sp³-hybridized carbons (Fsp3) is 0.933. The summed E-state index contributed by atoms with van der Waals surface area (Å²) in [6, 6.07) is 0. The Morgan fingerprint density at radius 1 is 1.30 bits per heavy atom. The van der Waals surface area contributed by atoms with Crippen molar-refractivity contribution < 1.29 is 9.53 Å². The van der Waals surface area contributed by atoms with Gasteiger partial charge in [-0.3, -0.25) is 4.79 Å². The topological polar surface area (TPSA) is 55.6 Å². The van der Waals surface area contributed by atoms with Gasteiger partial charge in [-0.2, -0.15) is 0 Å². The number of hydrogen-bond donors (Lipinski definition) is 1. The molecule has 2 aliphatic rings. The van der Waals surface area contributed by atoms with Gasteiger partial charge in [-0.05, 0) is 38.5 Å². The van der Waals surface area contributed by atoms with Crippen molar-refractivity contribution in [1.29, 1.82) is 0 Å². The molecule has 0 aromatic carbocycles. The van der Waals surface area contributed by atoms with Crippen molar-refractivity contribution in [2.75, 3.05) is 26.3 Å². The molecular formula is C15H29ClN2O2. The zero-order chi connectivity index (χ0) is 13.7. The molecule has 2 rings (SSSR count). The molecule has 2 N–H and O–H groups in total. The van der Waals surface area contributed by atoms with E-state index >= 15 is 0 Å². The molecule has 1 aliphatic carbocycles. The second kappa shape index (κ2) is 8.20. The maximum absolute atomic E-state index is 12.7. The molecule has 1 saturated carbocycles. The molecule has 4 nitrogen and oxygen atoms in total. The van der Waals surface area contributed by atoms with Crippen LogP contribution in [0, 0.1) is 5.92 Å². The summed E-state index contributed by atoms with van der Waals surface area (Å²) in [6.45, 7) is 5.25. The number of amides is 1. The summed E-state index contributed by atoms with van der Waals surface area (Å²) >= 11 is 0. The molecule has 1 amide bonds. The van der Waals surface area contributed by atoms with Gasteiger partial charge in [0.1, 0.15) is 0 Å². The molecule has 1 saturated heterocycles. The van der Waals surface area contributed by atoms with Gasteiger partial charge < -0.3 is 15.4 Å². The minimum absolute atomic E-state index is 0. The summed E-state index contributed by atoms with van der Waals surface area (Å²) in [6.07, 6.45) is 7.38. The standard InChI is InChI=1S/C15H28N2O2.ClH/c1-2-19-12-13-7-6-10-17(11-13)14(18)15(16)8-4-3-5-9-15;/h13H,2-12,16H2,1H3;1H. The van der Waals surface area contributed by atoms with Crippen LogP contribution in [0.4, 0.5) is 0 Å². The Bertz CT molecular complexity index is 306. The van der Waals surface area contributed by atoms with Crippen LogP contribution in [0.15, 0.2) is 0 Å². The second-order valence-electron chi connectivity index (χ2n) is 6.14. The lowest BCUT2D eigenvalue weighted by molar-refractivity contribution is -0.140. The Morgan fingerprint density at radius 3 is 2.65 bits per heavy atom. The van der Waals surface area contributed by atoms with Gasteiger partial charge in [-0.15, -0.1) is 12.4 Å². The number of piperidine rings is 1. The summed E-state index contributed by atoms with van der Waals surface area (Å²) in [5.74, 6) is 0.679. The summed E-state index contributed by atoms with van der Waals surface area (Å²) in [4.78, 5) is 14.7.